The molecule has 1 aromatic rings. The molecule has 0 aromatic carbocycles. The van der Waals surface area contributed by atoms with Crippen LogP contribution in [0.25, 0.3) is 0 Å². The summed E-state index contributed by atoms with van der Waals surface area (Å²) in [5, 5.41) is 0. The molecule has 84 valence electrons. The van der Waals surface area contributed by atoms with Crippen LogP contribution in [0.1, 0.15) is 31.4 Å². The van der Waals surface area contributed by atoms with Crippen molar-refractivity contribution in [2.45, 2.75) is 25.7 Å². The van der Waals surface area contributed by atoms with Crippen molar-refractivity contribution in [3.63, 3.8) is 0 Å². The van der Waals surface area contributed by atoms with Gasteiger partial charge < -0.3 is 11.5 Å². The van der Waals surface area contributed by atoms with Gasteiger partial charge >= 0.3 is 0 Å². The number of hydrogen-bond donors (Lipinski definition) is 2. The molecule has 4 N–H and O–H groups in total. The third kappa shape index (κ3) is 3.61. The number of rotatable bonds is 6. The summed E-state index contributed by atoms with van der Waals surface area (Å²) in [5.41, 5.74) is 12.5. The lowest BCUT2D eigenvalue weighted by atomic mass is 9.90. The number of hydrogen-bond acceptors (Lipinski definition) is 3. The fraction of sp³-hybridized carbons (Fsp3) is 0.583. The van der Waals surface area contributed by atoms with Gasteiger partial charge in [-0.1, -0.05) is 13.0 Å². The number of aromatic nitrogens is 1. The Balaban J connectivity index is 2.64. The fourth-order valence-electron chi connectivity index (χ4n) is 1.81. The first-order chi connectivity index (χ1) is 7.31. The van der Waals surface area contributed by atoms with Crippen LogP contribution in [0.4, 0.5) is 0 Å². The van der Waals surface area contributed by atoms with Gasteiger partial charge in [0.25, 0.3) is 0 Å². The Morgan fingerprint density at radius 2 is 2.00 bits per heavy atom. The zero-order chi connectivity index (χ0) is 11.1. The van der Waals surface area contributed by atoms with Crippen LogP contribution in [0.3, 0.4) is 0 Å². The van der Waals surface area contributed by atoms with Crippen LogP contribution in [0, 0.1) is 5.92 Å². The minimum absolute atomic E-state index is 0.414. The fourth-order valence-corrected chi connectivity index (χ4v) is 1.81. The molecule has 0 saturated heterocycles. The van der Waals surface area contributed by atoms with Crippen LogP contribution in [-0.4, -0.2) is 18.1 Å². The van der Waals surface area contributed by atoms with E-state index in [0.29, 0.717) is 24.9 Å². The molecular formula is C12H21N3. The molecule has 0 aliphatic heterocycles. The van der Waals surface area contributed by atoms with Gasteiger partial charge in [-0.25, -0.2) is 0 Å². The van der Waals surface area contributed by atoms with E-state index >= 15 is 0 Å². The molecule has 15 heavy (non-hydrogen) atoms. The summed E-state index contributed by atoms with van der Waals surface area (Å²) in [6.45, 7) is 3.52. The Hall–Kier alpha value is -0.930. The highest BCUT2D eigenvalue weighted by molar-refractivity contribution is 5.09. The average Bonchev–Trinajstić information content (AvgIpc) is 2.32. The largest absolute Gasteiger partial charge is 0.330 e. The number of nitrogens with two attached hydrogens (primary N) is 2. The summed E-state index contributed by atoms with van der Waals surface area (Å²) in [6, 6.07) is 6.06. The van der Waals surface area contributed by atoms with Gasteiger partial charge in [-0.15, -0.1) is 0 Å². The molecular weight excluding hydrogens is 186 g/mol. The molecule has 0 saturated carbocycles. The van der Waals surface area contributed by atoms with Crippen molar-refractivity contribution in [2.75, 3.05) is 13.1 Å². The molecule has 0 spiro atoms. The number of pyridine rings is 1. The summed E-state index contributed by atoms with van der Waals surface area (Å²) in [5.74, 6) is 0.903. The van der Waals surface area contributed by atoms with Crippen LogP contribution >= 0.6 is 0 Å². The normalized spacial score (nSPS) is 13.1. The van der Waals surface area contributed by atoms with Crippen molar-refractivity contribution in [2.24, 2.45) is 17.4 Å². The second-order valence-corrected chi connectivity index (χ2v) is 3.93. The molecule has 3 nitrogen and oxygen atoms in total. The lowest BCUT2D eigenvalue weighted by Gasteiger charge is -2.19. The summed E-state index contributed by atoms with van der Waals surface area (Å²) in [4.78, 5) is 4.39. The van der Waals surface area contributed by atoms with E-state index in [1.807, 2.05) is 18.3 Å². The molecule has 0 fully saturated rings. The topological polar surface area (TPSA) is 64.9 Å². The first kappa shape index (κ1) is 12.1. The van der Waals surface area contributed by atoms with E-state index in [1.165, 1.54) is 0 Å². The van der Waals surface area contributed by atoms with Crippen molar-refractivity contribution >= 4 is 0 Å². The van der Waals surface area contributed by atoms with Gasteiger partial charge in [-0.05, 0) is 44.0 Å². The molecule has 0 radical (unpaired) electrons. The molecule has 1 aromatic heterocycles. The molecule has 0 aliphatic rings. The van der Waals surface area contributed by atoms with E-state index in [0.717, 1.165) is 18.5 Å². The molecule has 1 heterocycles. The highest BCUT2D eigenvalue weighted by atomic mass is 14.7. The van der Waals surface area contributed by atoms with Gasteiger partial charge in [0.15, 0.2) is 0 Å². The lowest BCUT2D eigenvalue weighted by Crippen LogP contribution is -2.25. The Labute approximate surface area is 91.9 Å². The van der Waals surface area contributed by atoms with Gasteiger partial charge in [0.1, 0.15) is 0 Å². The summed E-state index contributed by atoms with van der Waals surface area (Å²) in [6.07, 6.45) is 3.98. The molecule has 0 bridgehead atoms. The molecule has 0 aliphatic carbocycles. The van der Waals surface area contributed by atoms with E-state index in [-0.39, 0.29) is 0 Å². The Morgan fingerprint density at radius 1 is 1.27 bits per heavy atom. The molecule has 3 heteroatoms. The van der Waals surface area contributed by atoms with Gasteiger partial charge in [-0.2, -0.15) is 0 Å². The molecule has 1 atom stereocenters. The molecule has 1 unspecified atom stereocenters. The Bertz CT molecular complexity index is 257. The van der Waals surface area contributed by atoms with Gasteiger partial charge in [-0.3, -0.25) is 4.98 Å². The standard InChI is InChI=1S/C12H21N3/c1-2-11(7-10(8-13)9-14)12-5-3-4-6-15-12/h3-6,10-11H,2,7-9,13-14H2,1H3. The predicted octanol–water partition coefficient (Wildman–Crippen LogP) is 1.50. The highest BCUT2D eigenvalue weighted by Gasteiger charge is 2.15. The van der Waals surface area contributed by atoms with Crippen molar-refractivity contribution in [1.82, 2.24) is 4.98 Å². The van der Waals surface area contributed by atoms with Crippen LogP contribution in [0.2, 0.25) is 0 Å². The van der Waals surface area contributed by atoms with Crippen LogP contribution in [0.15, 0.2) is 24.4 Å². The maximum absolute atomic E-state index is 5.66. The minimum atomic E-state index is 0.414. The maximum atomic E-state index is 5.66. The van der Waals surface area contributed by atoms with Crippen molar-refractivity contribution in [1.29, 1.82) is 0 Å². The van der Waals surface area contributed by atoms with Gasteiger partial charge in [0, 0.05) is 17.8 Å². The molecule has 0 amide bonds. The second kappa shape index (κ2) is 6.53. The smallest absolute Gasteiger partial charge is 0.0434 e. The Morgan fingerprint density at radius 3 is 2.47 bits per heavy atom. The second-order valence-electron chi connectivity index (χ2n) is 3.93. The van der Waals surface area contributed by atoms with E-state index in [9.17, 15) is 0 Å². The SMILES string of the molecule is CCC(CC(CN)CN)c1ccccn1. The van der Waals surface area contributed by atoms with E-state index < -0.39 is 0 Å². The van der Waals surface area contributed by atoms with Crippen LogP contribution < -0.4 is 11.5 Å². The Kier molecular flexibility index (Phi) is 5.29. The zero-order valence-corrected chi connectivity index (χ0v) is 9.39. The summed E-state index contributed by atoms with van der Waals surface area (Å²) in [7, 11) is 0. The van der Waals surface area contributed by atoms with Crippen molar-refractivity contribution in [3.05, 3.63) is 30.1 Å². The maximum Gasteiger partial charge on any atom is 0.0434 e. The summed E-state index contributed by atoms with van der Waals surface area (Å²) >= 11 is 0. The quantitative estimate of drug-likeness (QED) is 0.743. The lowest BCUT2D eigenvalue weighted by molar-refractivity contribution is 0.437. The molecule has 1 rings (SSSR count). The first-order valence-corrected chi connectivity index (χ1v) is 5.62. The van der Waals surface area contributed by atoms with Gasteiger partial charge in [0.05, 0.1) is 0 Å². The average molecular weight is 207 g/mol. The minimum Gasteiger partial charge on any atom is -0.330 e. The van der Waals surface area contributed by atoms with E-state index in [4.69, 9.17) is 11.5 Å². The third-order valence-electron chi connectivity index (χ3n) is 2.88. The van der Waals surface area contributed by atoms with Crippen molar-refractivity contribution < 1.29 is 0 Å². The highest BCUT2D eigenvalue weighted by Crippen LogP contribution is 2.24. The zero-order valence-electron chi connectivity index (χ0n) is 9.39. The monoisotopic (exact) mass is 207 g/mol. The van der Waals surface area contributed by atoms with Crippen LogP contribution in [-0.2, 0) is 0 Å². The van der Waals surface area contributed by atoms with E-state index in [2.05, 4.69) is 18.0 Å². The van der Waals surface area contributed by atoms with Gasteiger partial charge in [0.2, 0.25) is 0 Å². The predicted molar refractivity (Wildman–Crippen MR) is 63.5 cm³/mol. The summed E-state index contributed by atoms with van der Waals surface area (Å²) < 4.78 is 0. The van der Waals surface area contributed by atoms with Crippen molar-refractivity contribution in [3.8, 4) is 0 Å². The first-order valence-electron chi connectivity index (χ1n) is 5.62. The third-order valence-corrected chi connectivity index (χ3v) is 2.88. The number of nitrogens with zero attached hydrogens (tertiary/aromatic N) is 1. The van der Waals surface area contributed by atoms with Crippen LogP contribution in [0.5, 0.6) is 0 Å². The van der Waals surface area contributed by atoms with E-state index in [1.54, 1.807) is 0 Å².